The van der Waals surface area contributed by atoms with Crippen LogP contribution in [0.5, 0.6) is 11.5 Å². The summed E-state index contributed by atoms with van der Waals surface area (Å²) in [6, 6.07) is 9.33. The van der Waals surface area contributed by atoms with Crippen molar-refractivity contribution in [3.8, 4) is 11.5 Å². The van der Waals surface area contributed by atoms with E-state index in [2.05, 4.69) is 20.9 Å². The smallest absolute Gasteiger partial charge is 0.407 e. The van der Waals surface area contributed by atoms with Crippen molar-refractivity contribution in [2.75, 3.05) is 10.6 Å². The number of aromatic nitrogens is 1. The van der Waals surface area contributed by atoms with Crippen LogP contribution >= 0.6 is 0 Å². The molecule has 0 bridgehead atoms. The van der Waals surface area contributed by atoms with Crippen molar-refractivity contribution in [1.82, 2.24) is 15.2 Å². The van der Waals surface area contributed by atoms with Gasteiger partial charge in [-0.15, -0.1) is 0 Å². The zero-order valence-electron chi connectivity index (χ0n) is 25.1. The molecule has 4 N–H and O–H groups in total. The highest BCUT2D eigenvalue weighted by Crippen LogP contribution is 2.35. The average molecular weight is 624 g/mol. The highest BCUT2D eigenvalue weighted by Gasteiger charge is 2.37. The molecule has 0 aliphatic heterocycles. The molecule has 1 aliphatic carbocycles. The summed E-state index contributed by atoms with van der Waals surface area (Å²) in [7, 11) is 0. The van der Waals surface area contributed by atoms with Gasteiger partial charge in [-0.2, -0.15) is 0 Å². The lowest BCUT2D eigenvalue weighted by Crippen LogP contribution is -2.52. The van der Waals surface area contributed by atoms with Crippen LogP contribution in [-0.4, -0.2) is 50.5 Å². The molecule has 1 heterocycles. The number of hydrogen-bond donors (Lipinski definition) is 4. The summed E-state index contributed by atoms with van der Waals surface area (Å²) in [5, 5.41) is 17.0. The number of carboxylic acid groups (broad SMARTS) is 1. The van der Waals surface area contributed by atoms with E-state index >= 15 is 0 Å². The Balaban J connectivity index is 1.33. The van der Waals surface area contributed by atoms with Crippen LogP contribution < -0.4 is 20.7 Å². The van der Waals surface area contributed by atoms with Gasteiger partial charge in [-0.3, -0.25) is 19.9 Å². The number of halogens is 2. The van der Waals surface area contributed by atoms with E-state index < -0.39 is 35.2 Å². The van der Waals surface area contributed by atoms with Gasteiger partial charge in [0.15, 0.2) is 17.3 Å². The zero-order chi connectivity index (χ0) is 32.7. The Hall–Kier alpha value is -5.07. The van der Waals surface area contributed by atoms with E-state index in [1.165, 1.54) is 59.8 Å². The van der Waals surface area contributed by atoms with Crippen molar-refractivity contribution < 1.29 is 37.8 Å². The number of urea groups is 1. The number of ether oxygens (including phenoxy) is 1. The van der Waals surface area contributed by atoms with E-state index in [1.54, 1.807) is 0 Å². The number of anilines is 2. The lowest BCUT2D eigenvalue weighted by Gasteiger charge is -2.42. The number of carbonyl (C=O) groups is 4. The Bertz CT molecular complexity index is 1550. The third-order valence-corrected chi connectivity index (χ3v) is 7.34. The predicted octanol–water partition coefficient (Wildman–Crippen LogP) is 6.32. The summed E-state index contributed by atoms with van der Waals surface area (Å²) in [5.74, 6) is -2.57. The number of hydrogen-bond acceptors (Lipinski definition) is 6. The van der Waals surface area contributed by atoms with E-state index in [4.69, 9.17) is 4.74 Å². The Morgan fingerprint density at radius 3 is 2.27 bits per heavy atom. The van der Waals surface area contributed by atoms with Gasteiger partial charge in [0.1, 0.15) is 11.5 Å². The molecule has 1 saturated carbocycles. The molecule has 0 radical (unpaired) electrons. The zero-order valence-corrected chi connectivity index (χ0v) is 25.1. The van der Waals surface area contributed by atoms with Crippen molar-refractivity contribution in [2.24, 2.45) is 5.92 Å². The molecular weight excluding hydrogens is 588 g/mol. The summed E-state index contributed by atoms with van der Waals surface area (Å²) in [6.45, 7) is 5.53. The fraction of sp³-hybridized carbons (Fsp3) is 0.344. The van der Waals surface area contributed by atoms with Crippen LogP contribution in [0.1, 0.15) is 52.0 Å². The second kappa shape index (κ2) is 14.1. The maximum absolute atomic E-state index is 15.0. The molecule has 3 aromatic rings. The molecular formula is C32H35F2N5O6. The van der Waals surface area contributed by atoms with Crippen LogP contribution in [0, 0.1) is 17.6 Å². The first kappa shape index (κ1) is 32.8. The first-order valence-corrected chi connectivity index (χ1v) is 14.4. The maximum Gasteiger partial charge on any atom is 0.407 e. The minimum Gasteiger partial charge on any atom is -0.465 e. The van der Waals surface area contributed by atoms with Gasteiger partial charge < -0.3 is 25.4 Å². The normalized spacial score (nSPS) is 16.3. The number of nitrogens with zero attached hydrogens (tertiary/aromatic N) is 2. The maximum atomic E-state index is 15.0. The van der Waals surface area contributed by atoms with Crippen LogP contribution in [0.4, 0.5) is 29.7 Å². The molecule has 1 aromatic heterocycles. The number of nitrogens with one attached hydrogen (secondary N) is 3. The molecule has 4 rings (SSSR count). The van der Waals surface area contributed by atoms with Crippen molar-refractivity contribution in [3.05, 3.63) is 78.1 Å². The minimum absolute atomic E-state index is 0.0544. The van der Waals surface area contributed by atoms with Gasteiger partial charge in [0.25, 0.3) is 0 Å². The lowest BCUT2D eigenvalue weighted by atomic mass is 9.83. The Morgan fingerprint density at radius 1 is 0.956 bits per heavy atom. The molecule has 1 fully saturated rings. The van der Waals surface area contributed by atoms with Gasteiger partial charge >= 0.3 is 12.1 Å². The first-order chi connectivity index (χ1) is 21.3. The molecule has 5 amide bonds. The fourth-order valence-electron chi connectivity index (χ4n) is 5.29. The number of amides is 5. The van der Waals surface area contributed by atoms with E-state index in [9.17, 15) is 33.1 Å². The summed E-state index contributed by atoms with van der Waals surface area (Å²) in [4.78, 5) is 54.8. The van der Waals surface area contributed by atoms with Gasteiger partial charge in [0.2, 0.25) is 11.8 Å². The van der Waals surface area contributed by atoms with E-state index in [1.807, 2.05) is 20.8 Å². The molecule has 0 spiro atoms. The molecule has 1 aliphatic rings. The number of benzene rings is 2. The Kier molecular flexibility index (Phi) is 10.3. The molecule has 238 valence electrons. The second-order valence-electron chi connectivity index (χ2n) is 11.7. The lowest BCUT2D eigenvalue weighted by molar-refractivity contribution is -0.121. The van der Waals surface area contributed by atoms with Crippen molar-refractivity contribution in [3.63, 3.8) is 0 Å². The number of pyridine rings is 1. The number of carbonyl (C=O) groups excluding carboxylic acids is 3. The Labute approximate surface area is 259 Å². The minimum atomic E-state index is -0.986. The second-order valence-corrected chi connectivity index (χ2v) is 11.7. The van der Waals surface area contributed by atoms with Gasteiger partial charge in [0.05, 0.1) is 12.6 Å². The largest absolute Gasteiger partial charge is 0.465 e. The van der Waals surface area contributed by atoms with Crippen molar-refractivity contribution in [2.45, 2.75) is 64.5 Å². The van der Waals surface area contributed by atoms with Crippen LogP contribution in [0.15, 0.2) is 60.9 Å². The molecule has 2 aromatic carbocycles. The highest BCUT2D eigenvalue weighted by atomic mass is 19.1. The Morgan fingerprint density at radius 2 is 1.64 bits per heavy atom. The summed E-state index contributed by atoms with van der Waals surface area (Å²) in [5.41, 5.74) is 0.233. The number of imide groups is 1. The standard InChI is InChI=1S/C32H35F2N5O6/c1-32(2,3)39(31(43)44)23-11-6-20(7-12-23)29(41)37-25-18-35-15-14-27(25)45-26-13-10-22(17-24(26)34)36-30(42)38-28(40)16-19-4-8-21(33)9-5-19/h4-5,8-10,13-15,17-18,20,23H,6-7,11-12,16H2,1-3H3,(H,37,41)(H,43,44)(H2,36,38,40,42). The first-order valence-electron chi connectivity index (χ1n) is 14.4. The van der Waals surface area contributed by atoms with Crippen LogP contribution in [-0.2, 0) is 16.0 Å². The van der Waals surface area contributed by atoms with Crippen LogP contribution in [0.2, 0.25) is 0 Å². The molecule has 0 saturated heterocycles. The molecule has 0 unspecified atom stereocenters. The predicted molar refractivity (Wildman–Crippen MR) is 162 cm³/mol. The topological polar surface area (TPSA) is 150 Å². The van der Waals surface area contributed by atoms with E-state index in [0.717, 1.165) is 6.07 Å². The fourth-order valence-corrected chi connectivity index (χ4v) is 5.29. The van der Waals surface area contributed by atoms with Gasteiger partial charge in [0, 0.05) is 41.5 Å². The number of rotatable bonds is 8. The summed E-state index contributed by atoms with van der Waals surface area (Å²) < 4.78 is 33.7. The third kappa shape index (κ3) is 8.97. The van der Waals surface area contributed by atoms with Gasteiger partial charge in [-0.05, 0) is 76.3 Å². The SMILES string of the molecule is CC(C)(C)N(C(=O)O)C1CCC(C(=O)Nc2cnccc2Oc2ccc(NC(=O)NC(=O)Cc3ccc(F)cc3)cc2F)CC1. The highest BCUT2D eigenvalue weighted by molar-refractivity contribution is 6.01. The molecule has 13 heteroatoms. The average Bonchev–Trinajstić information content (AvgIpc) is 2.96. The summed E-state index contributed by atoms with van der Waals surface area (Å²) in [6.07, 6.45) is 3.76. The molecule has 0 atom stereocenters. The van der Waals surface area contributed by atoms with Crippen LogP contribution in [0.25, 0.3) is 0 Å². The quantitative estimate of drug-likeness (QED) is 0.229. The van der Waals surface area contributed by atoms with E-state index in [0.29, 0.717) is 31.2 Å². The monoisotopic (exact) mass is 623 g/mol. The van der Waals surface area contributed by atoms with Crippen LogP contribution in [0.3, 0.4) is 0 Å². The van der Waals surface area contributed by atoms with Gasteiger partial charge in [-0.25, -0.2) is 18.4 Å². The third-order valence-electron chi connectivity index (χ3n) is 7.34. The summed E-state index contributed by atoms with van der Waals surface area (Å²) >= 11 is 0. The van der Waals surface area contributed by atoms with Crippen molar-refractivity contribution in [1.29, 1.82) is 0 Å². The molecule has 45 heavy (non-hydrogen) atoms. The van der Waals surface area contributed by atoms with E-state index in [-0.39, 0.29) is 47.2 Å². The van der Waals surface area contributed by atoms with Crippen molar-refractivity contribution >= 4 is 35.3 Å². The molecule has 11 nitrogen and oxygen atoms in total. The van der Waals surface area contributed by atoms with Gasteiger partial charge in [-0.1, -0.05) is 12.1 Å².